The van der Waals surface area contributed by atoms with Crippen LogP contribution in [0.15, 0.2) is 76.6 Å². The van der Waals surface area contributed by atoms with Gasteiger partial charge in [0.15, 0.2) is 4.80 Å². The summed E-state index contributed by atoms with van der Waals surface area (Å²) in [6, 6.07) is 18.6. The summed E-state index contributed by atoms with van der Waals surface area (Å²) < 4.78 is 41.4. The average Bonchev–Trinajstić information content (AvgIpc) is 3.32. The maximum Gasteiger partial charge on any atom is 0.337 e. The van der Waals surface area contributed by atoms with Gasteiger partial charge in [0.2, 0.25) is 0 Å². The van der Waals surface area contributed by atoms with E-state index in [1.54, 1.807) is 18.2 Å². The number of hydrogen-bond acceptors (Lipinski definition) is 7. The molecule has 3 aromatic carbocycles. The van der Waals surface area contributed by atoms with E-state index < -0.39 is 21.9 Å². The highest BCUT2D eigenvalue weighted by Crippen LogP contribution is 2.32. The molecule has 0 aliphatic carbocycles. The van der Waals surface area contributed by atoms with Crippen molar-refractivity contribution in [2.45, 2.75) is 31.2 Å². The zero-order valence-electron chi connectivity index (χ0n) is 22.2. The number of sulfonamides is 1. The number of benzene rings is 3. The van der Waals surface area contributed by atoms with Crippen LogP contribution in [0.3, 0.4) is 0 Å². The van der Waals surface area contributed by atoms with Crippen molar-refractivity contribution in [1.82, 2.24) is 4.57 Å². The number of anilines is 1. The Morgan fingerprint density at radius 1 is 1.02 bits per heavy atom. The van der Waals surface area contributed by atoms with Crippen molar-refractivity contribution in [3.8, 4) is 0 Å². The lowest BCUT2D eigenvalue weighted by Crippen LogP contribution is -2.35. The molecule has 0 fully saturated rings. The molecule has 9 nitrogen and oxygen atoms in total. The summed E-state index contributed by atoms with van der Waals surface area (Å²) >= 11 is 1.28. The smallest absolute Gasteiger partial charge is 0.337 e. The number of fused-ring (bicyclic) bond motifs is 2. The molecule has 4 aromatic rings. The van der Waals surface area contributed by atoms with Crippen LogP contribution in [0, 0.1) is 0 Å². The van der Waals surface area contributed by atoms with Gasteiger partial charge in [0, 0.05) is 25.3 Å². The Kier molecular flexibility index (Phi) is 8.15. The number of aromatic nitrogens is 1. The van der Waals surface area contributed by atoms with Gasteiger partial charge in [-0.15, -0.1) is 0 Å². The van der Waals surface area contributed by atoms with Gasteiger partial charge in [-0.3, -0.25) is 9.10 Å². The third kappa shape index (κ3) is 5.45. The predicted molar refractivity (Wildman–Crippen MR) is 153 cm³/mol. The molecule has 0 N–H and O–H groups in total. The fourth-order valence-corrected chi connectivity index (χ4v) is 7.35. The van der Waals surface area contributed by atoms with Crippen molar-refractivity contribution in [2.24, 2.45) is 4.99 Å². The Labute approximate surface area is 236 Å². The Hall–Kier alpha value is -3.80. The molecule has 0 spiro atoms. The first-order valence-corrected chi connectivity index (χ1v) is 15.2. The van der Waals surface area contributed by atoms with E-state index in [0.29, 0.717) is 42.4 Å². The molecule has 1 aliphatic heterocycles. The second-order valence-corrected chi connectivity index (χ2v) is 12.0. The van der Waals surface area contributed by atoms with E-state index in [1.165, 1.54) is 47.0 Å². The van der Waals surface area contributed by atoms with Gasteiger partial charge in [-0.2, -0.15) is 4.99 Å². The molecule has 208 valence electrons. The van der Waals surface area contributed by atoms with Crippen LogP contribution in [0.2, 0.25) is 0 Å². The molecule has 2 heterocycles. The van der Waals surface area contributed by atoms with Crippen LogP contribution in [-0.2, 0) is 32.5 Å². The lowest BCUT2D eigenvalue weighted by molar-refractivity contribution is 0.0600. The molecule has 0 radical (unpaired) electrons. The number of para-hydroxylation sites is 1. The zero-order valence-corrected chi connectivity index (χ0v) is 23.8. The normalized spacial score (nSPS) is 13.8. The molecule has 0 unspecified atom stereocenters. The number of hydrogen-bond donors (Lipinski definition) is 0. The van der Waals surface area contributed by atoms with Gasteiger partial charge >= 0.3 is 5.97 Å². The number of carbonyl (C=O) groups excluding carboxylic acids is 2. The van der Waals surface area contributed by atoms with Gasteiger partial charge in [-0.05, 0) is 73.9 Å². The monoisotopic (exact) mass is 579 g/mol. The first-order valence-electron chi connectivity index (χ1n) is 12.9. The molecule has 0 saturated heterocycles. The van der Waals surface area contributed by atoms with Gasteiger partial charge in [0.1, 0.15) is 0 Å². The summed E-state index contributed by atoms with van der Waals surface area (Å²) in [6.45, 7) is 3.75. The van der Waals surface area contributed by atoms with Gasteiger partial charge in [0.05, 0.1) is 40.1 Å². The number of ether oxygens (including phenoxy) is 2. The highest BCUT2D eigenvalue weighted by Gasteiger charge is 2.29. The summed E-state index contributed by atoms with van der Waals surface area (Å²) in [7, 11) is -2.47. The lowest BCUT2D eigenvalue weighted by Gasteiger charge is -2.30. The molecule has 5 rings (SSSR count). The first kappa shape index (κ1) is 27.8. The summed E-state index contributed by atoms with van der Waals surface area (Å²) in [5.41, 5.74) is 3.18. The first-order chi connectivity index (χ1) is 19.3. The molecule has 0 atom stereocenters. The van der Waals surface area contributed by atoms with Crippen molar-refractivity contribution in [2.75, 3.05) is 31.2 Å². The van der Waals surface area contributed by atoms with Gasteiger partial charge in [-0.1, -0.05) is 29.5 Å². The Morgan fingerprint density at radius 3 is 2.52 bits per heavy atom. The quantitative estimate of drug-likeness (QED) is 0.226. The third-order valence-corrected chi connectivity index (χ3v) is 9.59. The summed E-state index contributed by atoms with van der Waals surface area (Å²) in [5, 5.41) is 0. The van der Waals surface area contributed by atoms with E-state index in [1.807, 2.05) is 35.8 Å². The number of aryl methyl sites for hydroxylation is 1. The highest BCUT2D eigenvalue weighted by molar-refractivity contribution is 7.92. The van der Waals surface area contributed by atoms with E-state index in [2.05, 4.69) is 4.99 Å². The van der Waals surface area contributed by atoms with Gasteiger partial charge < -0.3 is 14.0 Å². The topological polar surface area (TPSA) is 107 Å². The third-order valence-electron chi connectivity index (χ3n) is 6.72. The fourth-order valence-electron chi connectivity index (χ4n) is 4.72. The van der Waals surface area contributed by atoms with E-state index in [-0.39, 0.29) is 10.5 Å². The molecular weight excluding hydrogens is 550 g/mol. The van der Waals surface area contributed by atoms with E-state index in [9.17, 15) is 18.0 Å². The number of esters is 1. The summed E-state index contributed by atoms with van der Waals surface area (Å²) in [4.78, 5) is 30.1. The molecular formula is C29H29N3O6S2. The van der Waals surface area contributed by atoms with Gasteiger partial charge in [-0.25, -0.2) is 13.2 Å². The van der Waals surface area contributed by atoms with Crippen LogP contribution < -0.4 is 9.11 Å². The maximum atomic E-state index is 13.5. The maximum absolute atomic E-state index is 13.5. The molecule has 0 saturated carbocycles. The molecule has 11 heteroatoms. The number of thiazole rings is 1. The second-order valence-electron chi connectivity index (χ2n) is 9.16. The standard InChI is InChI=1S/C29H29N3O6S2/c1-3-38-18-17-31-25-15-12-22(28(34)37-2)19-26(25)39-29(31)30-27(33)21-10-13-23(14-11-21)40(35,36)32-16-6-8-20-7-4-5-9-24(20)32/h4-5,7,9-15,19H,3,6,8,16-18H2,1-2H3. The summed E-state index contributed by atoms with van der Waals surface area (Å²) in [6.07, 6.45) is 1.58. The Morgan fingerprint density at radius 2 is 1.77 bits per heavy atom. The van der Waals surface area contributed by atoms with E-state index in [0.717, 1.165) is 28.6 Å². The average molecular weight is 580 g/mol. The molecule has 0 bridgehead atoms. The minimum Gasteiger partial charge on any atom is -0.465 e. The molecule has 1 amide bonds. The molecule has 40 heavy (non-hydrogen) atoms. The van der Waals surface area contributed by atoms with E-state index in [4.69, 9.17) is 9.47 Å². The van der Waals surface area contributed by atoms with Crippen LogP contribution in [0.5, 0.6) is 0 Å². The van der Waals surface area contributed by atoms with Crippen LogP contribution in [0.1, 0.15) is 39.6 Å². The number of methoxy groups -OCH3 is 1. The van der Waals surface area contributed by atoms with Gasteiger partial charge in [0.25, 0.3) is 15.9 Å². The number of nitrogens with zero attached hydrogens (tertiary/aromatic N) is 3. The Balaban J connectivity index is 1.46. The van der Waals surface area contributed by atoms with Crippen molar-refractivity contribution < 1.29 is 27.5 Å². The van der Waals surface area contributed by atoms with Crippen molar-refractivity contribution in [3.05, 3.63) is 88.2 Å². The zero-order chi connectivity index (χ0) is 28.3. The van der Waals surface area contributed by atoms with Crippen LogP contribution >= 0.6 is 11.3 Å². The number of carbonyl (C=O) groups is 2. The Bertz CT molecular complexity index is 1740. The van der Waals surface area contributed by atoms with E-state index >= 15 is 0 Å². The van der Waals surface area contributed by atoms with Crippen molar-refractivity contribution in [3.63, 3.8) is 0 Å². The second kappa shape index (κ2) is 11.7. The summed E-state index contributed by atoms with van der Waals surface area (Å²) in [5.74, 6) is -0.953. The molecule has 1 aromatic heterocycles. The minimum absolute atomic E-state index is 0.115. The lowest BCUT2D eigenvalue weighted by atomic mass is 10.0. The fraction of sp³-hybridized carbons (Fsp3) is 0.276. The highest BCUT2D eigenvalue weighted by atomic mass is 32.2. The SMILES string of the molecule is CCOCCn1c(=NC(=O)c2ccc(S(=O)(=O)N3CCCc4ccccc43)cc2)sc2cc(C(=O)OC)ccc21. The minimum atomic E-state index is -3.79. The predicted octanol–water partition coefficient (Wildman–Crippen LogP) is 4.41. The van der Waals surface area contributed by atoms with Crippen LogP contribution in [0.4, 0.5) is 5.69 Å². The van der Waals surface area contributed by atoms with Crippen LogP contribution in [0.25, 0.3) is 10.2 Å². The van der Waals surface area contributed by atoms with Crippen LogP contribution in [-0.4, -0.2) is 51.7 Å². The van der Waals surface area contributed by atoms with Crippen molar-refractivity contribution in [1.29, 1.82) is 0 Å². The largest absolute Gasteiger partial charge is 0.465 e. The van der Waals surface area contributed by atoms with Crippen molar-refractivity contribution >= 4 is 49.1 Å². The number of amides is 1. The number of rotatable bonds is 8. The molecule has 1 aliphatic rings.